The highest BCUT2D eigenvalue weighted by Gasteiger charge is 2.40. The Morgan fingerprint density at radius 1 is 1.15 bits per heavy atom. The molecule has 148 valence electrons. The number of nitrogens with one attached hydrogen (secondary N) is 1. The van der Waals surface area contributed by atoms with Crippen molar-refractivity contribution in [3.05, 3.63) is 34.1 Å². The van der Waals surface area contributed by atoms with Crippen LogP contribution in [0.15, 0.2) is 23.0 Å². The van der Waals surface area contributed by atoms with Gasteiger partial charge in [0.25, 0.3) is 0 Å². The fourth-order valence-corrected chi connectivity index (χ4v) is 3.35. The maximum absolute atomic E-state index is 13.3. The van der Waals surface area contributed by atoms with Gasteiger partial charge >= 0.3 is 12.4 Å². The number of rotatable bonds is 2. The summed E-state index contributed by atoms with van der Waals surface area (Å²) in [5, 5.41) is -0.390. The van der Waals surface area contributed by atoms with Gasteiger partial charge in [-0.2, -0.15) is 26.3 Å². The van der Waals surface area contributed by atoms with Crippen molar-refractivity contribution in [3.8, 4) is 5.75 Å². The first kappa shape index (κ1) is 19.4. The quantitative estimate of drug-likeness (QED) is 0.765. The van der Waals surface area contributed by atoms with Crippen LogP contribution in [0.4, 0.5) is 32.0 Å². The number of benzene rings is 1. The van der Waals surface area contributed by atoms with Crippen LogP contribution in [0.25, 0.3) is 10.9 Å². The zero-order valence-electron chi connectivity index (χ0n) is 14.3. The minimum atomic E-state index is -4.83. The second-order valence-corrected chi connectivity index (χ2v) is 6.46. The highest BCUT2D eigenvalue weighted by atomic mass is 19.4. The van der Waals surface area contributed by atoms with E-state index in [0.29, 0.717) is 12.5 Å². The molecule has 1 aromatic carbocycles. The number of pyridine rings is 1. The van der Waals surface area contributed by atoms with Crippen LogP contribution in [-0.4, -0.2) is 29.9 Å². The van der Waals surface area contributed by atoms with Gasteiger partial charge in [0.1, 0.15) is 18.4 Å². The van der Waals surface area contributed by atoms with Crippen LogP contribution >= 0.6 is 0 Å². The van der Waals surface area contributed by atoms with E-state index >= 15 is 0 Å². The van der Waals surface area contributed by atoms with Crippen molar-refractivity contribution in [2.45, 2.75) is 44.8 Å². The van der Waals surface area contributed by atoms with Crippen LogP contribution in [0.1, 0.15) is 25.8 Å². The van der Waals surface area contributed by atoms with Gasteiger partial charge < -0.3 is 14.6 Å². The molecule has 0 aliphatic carbocycles. The van der Waals surface area contributed by atoms with Gasteiger partial charge in [-0.05, 0) is 19.4 Å². The Kier molecular flexibility index (Phi) is 4.55. The third kappa shape index (κ3) is 3.70. The maximum atomic E-state index is 13.3. The van der Waals surface area contributed by atoms with E-state index in [9.17, 15) is 31.1 Å². The fraction of sp³-hybridized carbons (Fsp3) is 0.471. The monoisotopic (exact) mass is 394 g/mol. The summed E-state index contributed by atoms with van der Waals surface area (Å²) in [5.41, 5.74) is -2.40. The zero-order valence-corrected chi connectivity index (χ0v) is 14.3. The second kappa shape index (κ2) is 6.35. The predicted octanol–water partition coefficient (Wildman–Crippen LogP) is 4.48. The van der Waals surface area contributed by atoms with E-state index < -0.39 is 47.6 Å². The molecule has 0 bridgehead atoms. The number of H-pyrrole nitrogens is 1. The molecule has 0 amide bonds. The third-order valence-corrected chi connectivity index (χ3v) is 4.60. The molecule has 0 fully saturated rings. The first-order valence-electron chi connectivity index (χ1n) is 8.19. The van der Waals surface area contributed by atoms with Crippen molar-refractivity contribution < 1.29 is 31.1 Å². The van der Waals surface area contributed by atoms with Crippen LogP contribution < -0.4 is 15.2 Å². The van der Waals surface area contributed by atoms with E-state index in [1.54, 1.807) is 6.92 Å². The lowest BCUT2D eigenvalue weighted by Crippen LogP contribution is -2.51. The van der Waals surface area contributed by atoms with E-state index in [2.05, 4.69) is 4.98 Å². The summed E-state index contributed by atoms with van der Waals surface area (Å²) in [6.45, 7) is 1.95. The molecule has 10 heteroatoms. The lowest BCUT2D eigenvalue weighted by Gasteiger charge is -2.42. The maximum Gasteiger partial charge on any atom is 0.417 e. The minimum absolute atomic E-state index is 0.00618. The number of ether oxygens (including phenoxy) is 1. The SMILES string of the molecule is CC[C@@H]1Oc2cc3[nH]c(=O)cc(C(F)(F)F)c3cc2N(CC(F)(F)F)[C@H]1C. The number of aromatic nitrogens is 1. The van der Waals surface area contributed by atoms with Crippen LogP contribution in [0.3, 0.4) is 0 Å². The predicted molar refractivity (Wildman–Crippen MR) is 87.1 cm³/mol. The number of fused-ring (bicyclic) bond motifs is 2. The molecule has 3 rings (SSSR count). The molecule has 0 saturated heterocycles. The van der Waals surface area contributed by atoms with E-state index in [0.717, 1.165) is 17.0 Å². The van der Waals surface area contributed by atoms with Crippen molar-refractivity contribution in [2.75, 3.05) is 11.4 Å². The summed E-state index contributed by atoms with van der Waals surface area (Å²) in [4.78, 5) is 14.9. The summed E-state index contributed by atoms with van der Waals surface area (Å²) in [5.74, 6) is 0.00618. The Balaban J connectivity index is 2.27. The molecule has 1 aromatic heterocycles. The normalized spacial score (nSPS) is 20.5. The first-order valence-corrected chi connectivity index (χ1v) is 8.19. The first-order chi connectivity index (χ1) is 12.4. The number of aromatic amines is 1. The van der Waals surface area contributed by atoms with Crippen molar-refractivity contribution >= 4 is 16.6 Å². The van der Waals surface area contributed by atoms with Gasteiger partial charge in [-0.15, -0.1) is 0 Å². The highest BCUT2D eigenvalue weighted by molar-refractivity contribution is 5.89. The fourth-order valence-electron chi connectivity index (χ4n) is 3.35. The lowest BCUT2D eigenvalue weighted by atomic mass is 10.0. The average molecular weight is 394 g/mol. The van der Waals surface area contributed by atoms with E-state index in [1.165, 1.54) is 6.92 Å². The molecule has 1 aliphatic rings. The number of anilines is 1. The summed E-state index contributed by atoms with van der Waals surface area (Å²) in [6, 6.07) is 1.85. The van der Waals surface area contributed by atoms with E-state index in [4.69, 9.17) is 4.74 Å². The van der Waals surface area contributed by atoms with Gasteiger partial charge in [-0.25, -0.2) is 0 Å². The molecule has 2 heterocycles. The van der Waals surface area contributed by atoms with Crippen LogP contribution in [0.5, 0.6) is 5.75 Å². The van der Waals surface area contributed by atoms with E-state index in [1.807, 2.05) is 0 Å². The average Bonchev–Trinajstić information content (AvgIpc) is 2.53. The topological polar surface area (TPSA) is 45.3 Å². The molecule has 0 spiro atoms. The van der Waals surface area contributed by atoms with Crippen LogP contribution in [-0.2, 0) is 6.18 Å². The molecule has 1 N–H and O–H groups in total. The highest BCUT2D eigenvalue weighted by Crippen LogP contribution is 2.43. The third-order valence-electron chi connectivity index (χ3n) is 4.60. The summed E-state index contributed by atoms with van der Waals surface area (Å²) < 4.78 is 84.8. The molecule has 4 nitrogen and oxygen atoms in total. The molecule has 27 heavy (non-hydrogen) atoms. The second-order valence-electron chi connectivity index (χ2n) is 6.46. The molecule has 2 atom stereocenters. The standard InChI is InChI=1S/C17H16F6N2O2/c1-3-13-8(2)25(7-16(18,19)20)12-4-9-10(17(21,22)23)5-15(26)24-11(9)6-14(12)27-13/h4-6,8,13H,3,7H2,1-2H3,(H,24,26)/t8-,13-/m0/s1. The number of alkyl halides is 6. The Bertz CT molecular complexity index is 918. The Hall–Kier alpha value is -2.39. The number of nitrogens with zero attached hydrogens (tertiary/aromatic N) is 1. The summed E-state index contributed by atoms with van der Waals surface area (Å²) in [7, 11) is 0. The summed E-state index contributed by atoms with van der Waals surface area (Å²) in [6.07, 6.45) is -9.54. The number of hydrogen-bond donors (Lipinski definition) is 1. The van der Waals surface area contributed by atoms with Gasteiger partial charge in [-0.3, -0.25) is 4.79 Å². The molecule has 2 aromatic rings. The molecule has 0 radical (unpaired) electrons. The van der Waals surface area contributed by atoms with Crippen molar-refractivity contribution in [2.24, 2.45) is 0 Å². The van der Waals surface area contributed by atoms with Crippen molar-refractivity contribution in [1.82, 2.24) is 4.98 Å². The minimum Gasteiger partial charge on any atom is -0.486 e. The van der Waals surface area contributed by atoms with Gasteiger partial charge in [0.05, 0.1) is 22.8 Å². The van der Waals surface area contributed by atoms with Crippen LogP contribution in [0.2, 0.25) is 0 Å². The van der Waals surface area contributed by atoms with Gasteiger partial charge in [0.15, 0.2) is 0 Å². The molecule has 0 saturated carbocycles. The van der Waals surface area contributed by atoms with Gasteiger partial charge in [0.2, 0.25) is 5.56 Å². The molecule has 0 unspecified atom stereocenters. The Morgan fingerprint density at radius 2 is 1.81 bits per heavy atom. The number of halogens is 6. The molecular formula is C17H16F6N2O2. The van der Waals surface area contributed by atoms with Gasteiger partial charge in [0, 0.05) is 17.5 Å². The molecular weight excluding hydrogens is 378 g/mol. The Labute approximate surface area is 149 Å². The van der Waals surface area contributed by atoms with E-state index in [-0.39, 0.29) is 17.0 Å². The zero-order chi connectivity index (χ0) is 20.1. The largest absolute Gasteiger partial charge is 0.486 e. The smallest absolute Gasteiger partial charge is 0.417 e. The number of hydrogen-bond acceptors (Lipinski definition) is 3. The van der Waals surface area contributed by atoms with Crippen molar-refractivity contribution in [3.63, 3.8) is 0 Å². The van der Waals surface area contributed by atoms with Gasteiger partial charge in [-0.1, -0.05) is 6.92 Å². The Morgan fingerprint density at radius 3 is 2.37 bits per heavy atom. The summed E-state index contributed by atoms with van der Waals surface area (Å²) >= 11 is 0. The van der Waals surface area contributed by atoms with Crippen LogP contribution in [0, 0.1) is 0 Å². The lowest BCUT2D eigenvalue weighted by molar-refractivity contribution is -0.136. The van der Waals surface area contributed by atoms with Crippen molar-refractivity contribution in [1.29, 1.82) is 0 Å². The molecule has 1 aliphatic heterocycles.